The predicted octanol–water partition coefficient (Wildman–Crippen LogP) is 4.40. The summed E-state index contributed by atoms with van der Waals surface area (Å²) < 4.78 is 0. The lowest BCUT2D eigenvalue weighted by atomic mass is 9.67. The molecule has 4 rings (SSSR count). The van der Waals surface area contributed by atoms with Gasteiger partial charge < -0.3 is 10.2 Å². The third-order valence-corrected chi connectivity index (χ3v) is 7.29. The fraction of sp³-hybridized carbons (Fsp3) is 0.586. The maximum atomic E-state index is 12.0. The van der Waals surface area contributed by atoms with E-state index in [1.54, 1.807) is 0 Å². The molecular formula is C29H43N5O. The first kappa shape index (κ1) is 27.1. The molecule has 2 aliphatic carbocycles. The Morgan fingerprint density at radius 3 is 2.51 bits per heavy atom. The largest absolute Gasteiger partial charge is 0.339 e. The number of piperazine rings is 1. The van der Waals surface area contributed by atoms with E-state index in [0.717, 1.165) is 67.6 Å². The van der Waals surface area contributed by atoms with E-state index in [2.05, 4.69) is 46.9 Å². The van der Waals surface area contributed by atoms with Crippen LogP contribution >= 0.6 is 0 Å². The fourth-order valence-electron chi connectivity index (χ4n) is 5.07. The summed E-state index contributed by atoms with van der Waals surface area (Å²) in [7, 11) is 0. The van der Waals surface area contributed by atoms with Crippen molar-refractivity contribution >= 4 is 11.5 Å². The van der Waals surface area contributed by atoms with Crippen LogP contribution in [0.25, 0.3) is 5.57 Å². The van der Waals surface area contributed by atoms with Gasteiger partial charge in [0.05, 0.1) is 12.2 Å². The molecule has 3 aliphatic rings. The van der Waals surface area contributed by atoms with Gasteiger partial charge in [0.1, 0.15) is 5.69 Å². The quantitative estimate of drug-likeness (QED) is 0.590. The van der Waals surface area contributed by atoms with Gasteiger partial charge in [0.2, 0.25) is 5.91 Å². The molecule has 0 aromatic carbocycles. The van der Waals surface area contributed by atoms with E-state index in [9.17, 15) is 4.79 Å². The van der Waals surface area contributed by atoms with Gasteiger partial charge in [0, 0.05) is 37.8 Å². The highest BCUT2D eigenvalue weighted by Gasteiger charge is 2.41. The molecule has 0 spiro atoms. The number of hydrogen-bond acceptors (Lipinski definition) is 5. The summed E-state index contributed by atoms with van der Waals surface area (Å²) in [5, 5.41) is 11.3. The molecule has 190 valence electrons. The third-order valence-electron chi connectivity index (χ3n) is 7.29. The Bertz CT molecular complexity index is 950. The maximum absolute atomic E-state index is 12.0. The fourth-order valence-corrected chi connectivity index (χ4v) is 5.07. The SMILES string of the molecule is CC1=CC=C=C(c2ccc(C)nn2)C=C1.CCCC1C(C)CC1N1CCN(C(=O)CNCC)CC1. The van der Waals surface area contributed by atoms with Crippen LogP contribution in [-0.2, 0) is 4.79 Å². The average Bonchev–Trinajstić information content (AvgIpc) is 3.09. The van der Waals surface area contributed by atoms with Gasteiger partial charge >= 0.3 is 0 Å². The molecule has 3 unspecified atom stereocenters. The molecule has 2 heterocycles. The minimum Gasteiger partial charge on any atom is -0.339 e. The van der Waals surface area contributed by atoms with E-state index in [4.69, 9.17) is 0 Å². The maximum Gasteiger partial charge on any atom is 0.236 e. The predicted molar refractivity (Wildman–Crippen MR) is 144 cm³/mol. The Balaban J connectivity index is 0.000000203. The highest BCUT2D eigenvalue weighted by atomic mass is 16.2. The zero-order valence-electron chi connectivity index (χ0n) is 22.3. The number of aromatic nitrogens is 2. The molecule has 3 atom stereocenters. The smallest absolute Gasteiger partial charge is 0.236 e. The summed E-state index contributed by atoms with van der Waals surface area (Å²) in [4.78, 5) is 16.6. The molecule has 35 heavy (non-hydrogen) atoms. The van der Waals surface area contributed by atoms with Crippen LogP contribution in [0, 0.1) is 18.8 Å². The van der Waals surface area contributed by atoms with E-state index >= 15 is 0 Å². The van der Waals surface area contributed by atoms with Crippen molar-refractivity contribution in [1.29, 1.82) is 0 Å². The zero-order valence-corrected chi connectivity index (χ0v) is 22.3. The van der Waals surface area contributed by atoms with Gasteiger partial charge in [-0.1, -0.05) is 44.9 Å². The lowest BCUT2D eigenvalue weighted by molar-refractivity contribution is -0.133. The van der Waals surface area contributed by atoms with E-state index < -0.39 is 0 Å². The first-order valence-corrected chi connectivity index (χ1v) is 13.3. The van der Waals surface area contributed by atoms with E-state index in [1.807, 2.05) is 55.2 Å². The number of rotatable bonds is 7. The second-order valence-electron chi connectivity index (χ2n) is 9.96. The highest BCUT2D eigenvalue weighted by molar-refractivity contribution is 5.78. The Kier molecular flexibility index (Phi) is 10.5. The molecule has 1 N–H and O–H groups in total. The number of nitrogens with zero attached hydrogens (tertiary/aromatic N) is 4. The molecule has 6 heteroatoms. The van der Waals surface area contributed by atoms with Crippen molar-refractivity contribution in [1.82, 2.24) is 25.3 Å². The van der Waals surface area contributed by atoms with Crippen molar-refractivity contribution in [3.05, 3.63) is 59.1 Å². The van der Waals surface area contributed by atoms with Crippen LogP contribution in [0.5, 0.6) is 0 Å². The summed E-state index contributed by atoms with van der Waals surface area (Å²) in [6.07, 6.45) is 12.0. The molecular weight excluding hydrogens is 434 g/mol. The van der Waals surface area contributed by atoms with Gasteiger partial charge in [0.15, 0.2) is 0 Å². The van der Waals surface area contributed by atoms with Crippen LogP contribution in [-0.4, -0.2) is 71.2 Å². The van der Waals surface area contributed by atoms with Crippen LogP contribution in [0.15, 0.2) is 47.7 Å². The Morgan fingerprint density at radius 2 is 1.89 bits per heavy atom. The standard InChI is InChI=1S/C16H31N3O.C13H12N2/c1-4-6-14-13(3)11-15(14)18-7-9-19(10-8-18)16(20)12-17-5-2;1-10-4-3-5-12(8-6-10)13-9-7-11(2)14-15-13/h13-15,17H,4-12H2,1-3H3;3-4,6-9H,1-2H3. The monoisotopic (exact) mass is 477 g/mol. The number of nitrogens with one attached hydrogen (secondary N) is 1. The second-order valence-corrected chi connectivity index (χ2v) is 9.96. The molecule has 0 radical (unpaired) electrons. The van der Waals surface area contributed by atoms with Crippen molar-refractivity contribution < 1.29 is 4.79 Å². The average molecular weight is 478 g/mol. The Labute approximate surface area is 211 Å². The minimum absolute atomic E-state index is 0.263. The van der Waals surface area contributed by atoms with Crippen molar-refractivity contribution in [3.8, 4) is 0 Å². The molecule has 6 nitrogen and oxygen atoms in total. The van der Waals surface area contributed by atoms with Crippen LogP contribution in [0.1, 0.15) is 58.3 Å². The van der Waals surface area contributed by atoms with Gasteiger partial charge in [-0.25, -0.2) is 0 Å². The van der Waals surface area contributed by atoms with Gasteiger partial charge in [-0.05, 0) is 69.4 Å². The van der Waals surface area contributed by atoms with Crippen molar-refractivity contribution in [3.63, 3.8) is 0 Å². The Hall–Kier alpha value is -2.53. The lowest BCUT2D eigenvalue weighted by Crippen LogP contribution is -2.59. The molecule has 1 amide bonds. The lowest BCUT2D eigenvalue weighted by Gasteiger charge is -2.51. The molecule has 1 aromatic heterocycles. The molecule has 1 aliphatic heterocycles. The van der Waals surface area contributed by atoms with Gasteiger partial charge in [-0.15, -0.1) is 10.8 Å². The molecule has 1 aromatic rings. The summed E-state index contributed by atoms with van der Waals surface area (Å²) in [6, 6.07) is 4.70. The number of aryl methyl sites for hydroxylation is 1. The number of allylic oxidation sites excluding steroid dienone is 5. The zero-order chi connectivity index (χ0) is 25.2. The van der Waals surface area contributed by atoms with E-state index in [-0.39, 0.29) is 5.91 Å². The summed E-state index contributed by atoms with van der Waals surface area (Å²) in [5.41, 5.74) is 7.13. The van der Waals surface area contributed by atoms with Gasteiger partial charge in [-0.2, -0.15) is 5.10 Å². The van der Waals surface area contributed by atoms with E-state index in [0.29, 0.717) is 6.54 Å². The second kappa shape index (κ2) is 13.5. The van der Waals surface area contributed by atoms with Crippen LogP contribution < -0.4 is 5.32 Å². The molecule has 0 bridgehead atoms. The number of likely N-dealkylation sites (N-methyl/N-ethyl adjacent to an activating group) is 1. The minimum atomic E-state index is 0.263. The van der Waals surface area contributed by atoms with Crippen molar-refractivity contribution in [2.45, 2.75) is 59.9 Å². The first-order valence-electron chi connectivity index (χ1n) is 13.3. The first-order chi connectivity index (χ1) is 16.9. The molecule has 1 saturated heterocycles. The van der Waals surface area contributed by atoms with Crippen LogP contribution in [0.4, 0.5) is 0 Å². The van der Waals surface area contributed by atoms with E-state index in [1.165, 1.54) is 24.8 Å². The summed E-state index contributed by atoms with van der Waals surface area (Å²) >= 11 is 0. The number of amides is 1. The van der Waals surface area contributed by atoms with Gasteiger partial charge in [-0.3, -0.25) is 9.69 Å². The topological polar surface area (TPSA) is 61.4 Å². The summed E-state index contributed by atoms with van der Waals surface area (Å²) in [5.74, 6) is 2.05. The third kappa shape index (κ3) is 7.73. The van der Waals surface area contributed by atoms with Crippen molar-refractivity contribution in [2.75, 3.05) is 39.3 Å². The molecule has 1 saturated carbocycles. The van der Waals surface area contributed by atoms with Crippen LogP contribution in [0.2, 0.25) is 0 Å². The summed E-state index contributed by atoms with van der Waals surface area (Å²) in [6.45, 7) is 16.0. The Morgan fingerprint density at radius 1 is 1.11 bits per heavy atom. The highest BCUT2D eigenvalue weighted by Crippen LogP contribution is 2.41. The van der Waals surface area contributed by atoms with Gasteiger partial charge in [0.25, 0.3) is 0 Å². The molecule has 2 fully saturated rings. The van der Waals surface area contributed by atoms with Crippen LogP contribution in [0.3, 0.4) is 0 Å². The number of carbonyl (C=O) groups excluding carboxylic acids is 1. The number of carbonyl (C=O) groups is 1. The normalized spacial score (nSPS) is 24.0. The number of hydrogen-bond donors (Lipinski definition) is 1. The van der Waals surface area contributed by atoms with Crippen molar-refractivity contribution in [2.24, 2.45) is 11.8 Å².